The first-order valence-electron chi connectivity index (χ1n) is 7.38. The maximum absolute atomic E-state index is 12.2. The third kappa shape index (κ3) is 2.17. The van der Waals surface area contributed by atoms with Gasteiger partial charge < -0.3 is 20.7 Å². The number of thioether (sulfide) groups is 1. The van der Waals surface area contributed by atoms with Gasteiger partial charge in [-0.25, -0.2) is 0 Å². The molecule has 2 saturated carbocycles. The average molecular weight is 315 g/mol. The molecular formula is C14H21NO5S. The molecule has 1 heterocycles. The molecule has 3 fully saturated rings. The van der Waals surface area contributed by atoms with Crippen LogP contribution in [0.1, 0.15) is 26.2 Å². The summed E-state index contributed by atoms with van der Waals surface area (Å²) in [7, 11) is 0. The summed E-state index contributed by atoms with van der Waals surface area (Å²) in [6.07, 6.45) is 2.08. The number of carboxylic acid groups (broad SMARTS) is 1. The smallest absolute Gasteiger partial charge is 0.321 e. The maximum atomic E-state index is 12.2. The minimum Gasteiger partial charge on any atom is -0.480 e. The van der Waals surface area contributed by atoms with E-state index in [1.807, 2.05) is 0 Å². The summed E-state index contributed by atoms with van der Waals surface area (Å²) in [6, 6.07) is -0.952. The second kappa shape index (κ2) is 5.14. The van der Waals surface area contributed by atoms with Gasteiger partial charge in [-0.3, -0.25) is 9.59 Å². The molecule has 21 heavy (non-hydrogen) atoms. The molecule has 3 aliphatic rings. The van der Waals surface area contributed by atoms with Crippen molar-refractivity contribution in [3.05, 3.63) is 0 Å². The van der Waals surface area contributed by atoms with Crippen LogP contribution in [-0.2, 0) is 14.3 Å². The van der Waals surface area contributed by atoms with E-state index in [1.165, 1.54) is 11.8 Å². The molecule has 0 aromatic rings. The number of nitrogens with two attached hydrogens (primary N) is 1. The largest absolute Gasteiger partial charge is 0.480 e. The second-order valence-electron chi connectivity index (χ2n) is 6.52. The molecule has 0 radical (unpaired) electrons. The van der Waals surface area contributed by atoms with Crippen LogP contribution < -0.4 is 5.73 Å². The number of aliphatic hydroxyl groups is 1. The zero-order chi connectivity index (χ0) is 15.4. The first kappa shape index (κ1) is 15.1. The molecule has 0 bridgehead atoms. The molecule has 2 aliphatic carbocycles. The molecule has 0 amide bonds. The van der Waals surface area contributed by atoms with E-state index < -0.39 is 23.5 Å². The van der Waals surface area contributed by atoms with E-state index in [1.54, 1.807) is 0 Å². The molecule has 1 unspecified atom stereocenters. The van der Waals surface area contributed by atoms with Gasteiger partial charge in [0.05, 0.1) is 0 Å². The lowest BCUT2D eigenvalue weighted by Gasteiger charge is -2.44. The topological polar surface area (TPSA) is 110 Å². The molecule has 6 nitrogen and oxygen atoms in total. The van der Waals surface area contributed by atoms with Crippen molar-refractivity contribution >= 4 is 23.7 Å². The lowest BCUT2D eigenvalue weighted by Crippen LogP contribution is -2.55. The van der Waals surface area contributed by atoms with Gasteiger partial charge in [-0.05, 0) is 31.1 Å². The van der Waals surface area contributed by atoms with Crippen LogP contribution in [-0.4, -0.2) is 50.9 Å². The fourth-order valence-electron chi connectivity index (χ4n) is 4.25. The van der Waals surface area contributed by atoms with Crippen molar-refractivity contribution in [2.24, 2.45) is 23.5 Å². The lowest BCUT2D eigenvalue weighted by atomic mass is 9.66. The fourth-order valence-corrected chi connectivity index (χ4v) is 5.78. The number of esters is 1. The quantitative estimate of drug-likeness (QED) is 0.637. The highest BCUT2D eigenvalue weighted by molar-refractivity contribution is 8.00. The summed E-state index contributed by atoms with van der Waals surface area (Å²) in [5, 5.41) is 19.8. The van der Waals surface area contributed by atoms with Crippen molar-refractivity contribution in [2.75, 3.05) is 5.75 Å². The minimum atomic E-state index is -1.06. The van der Waals surface area contributed by atoms with Crippen LogP contribution in [0.3, 0.4) is 0 Å². The van der Waals surface area contributed by atoms with E-state index in [2.05, 4.69) is 6.92 Å². The van der Waals surface area contributed by atoms with Gasteiger partial charge in [-0.1, -0.05) is 6.92 Å². The molecule has 0 aromatic carbocycles. The molecule has 0 aromatic heterocycles. The van der Waals surface area contributed by atoms with Crippen LogP contribution in [0.2, 0.25) is 0 Å². The van der Waals surface area contributed by atoms with Crippen molar-refractivity contribution in [3.8, 4) is 0 Å². The molecule has 4 N–H and O–H groups in total. The Kier molecular flexibility index (Phi) is 3.70. The molecule has 118 valence electrons. The van der Waals surface area contributed by atoms with Gasteiger partial charge in [0, 0.05) is 11.0 Å². The molecule has 1 aliphatic heterocycles. The average Bonchev–Trinajstić information content (AvgIpc) is 2.85. The van der Waals surface area contributed by atoms with Gasteiger partial charge in [0.15, 0.2) is 0 Å². The summed E-state index contributed by atoms with van der Waals surface area (Å²) < 4.78 is 5.39. The zero-order valence-electron chi connectivity index (χ0n) is 11.9. The van der Waals surface area contributed by atoms with E-state index in [0.717, 1.165) is 19.3 Å². The van der Waals surface area contributed by atoms with E-state index in [4.69, 9.17) is 15.6 Å². The second-order valence-corrected chi connectivity index (χ2v) is 7.73. The Morgan fingerprint density at radius 3 is 2.95 bits per heavy atom. The number of carboxylic acids is 1. The maximum Gasteiger partial charge on any atom is 0.321 e. The Labute approximate surface area is 127 Å². The Balaban J connectivity index is 1.80. The third-order valence-electron chi connectivity index (χ3n) is 5.29. The van der Waals surface area contributed by atoms with Crippen molar-refractivity contribution in [1.29, 1.82) is 0 Å². The fraction of sp³-hybridized carbons (Fsp3) is 0.857. The van der Waals surface area contributed by atoms with Crippen LogP contribution in [0, 0.1) is 17.8 Å². The molecule has 7 heteroatoms. The first-order chi connectivity index (χ1) is 9.85. The summed E-state index contributed by atoms with van der Waals surface area (Å²) in [5.74, 6) is -1.35. The third-order valence-corrected chi connectivity index (χ3v) is 6.96. The zero-order valence-corrected chi connectivity index (χ0v) is 12.7. The van der Waals surface area contributed by atoms with E-state index >= 15 is 0 Å². The molecule has 0 spiro atoms. The summed E-state index contributed by atoms with van der Waals surface area (Å²) >= 11 is 1.39. The van der Waals surface area contributed by atoms with Crippen molar-refractivity contribution in [2.45, 2.75) is 49.2 Å². The first-order valence-corrected chi connectivity index (χ1v) is 8.43. The van der Waals surface area contributed by atoms with Crippen LogP contribution in [0.25, 0.3) is 0 Å². The lowest BCUT2D eigenvalue weighted by molar-refractivity contribution is -0.145. The number of rotatable bonds is 4. The van der Waals surface area contributed by atoms with Crippen LogP contribution >= 0.6 is 11.8 Å². The highest BCUT2D eigenvalue weighted by Crippen LogP contribution is 2.57. The van der Waals surface area contributed by atoms with Gasteiger partial charge in [-0.15, -0.1) is 0 Å². The number of hydrogen-bond acceptors (Lipinski definition) is 6. The SMILES string of the molecule is C[C@H]1C[C@H]2CC[C@H]3OC(=O)C([C@@H]1SC[C@H](N)C(=O)O)[C@@]23O. The van der Waals surface area contributed by atoms with Gasteiger partial charge in [-0.2, -0.15) is 11.8 Å². The molecule has 7 atom stereocenters. The highest BCUT2D eigenvalue weighted by Gasteiger charge is 2.68. The predicted molar refractivity (Wildman–Crippen MR) is 76.7 cm³/mol. The molecule has 3 rings (SSSR count). The number of ether oxygens (including phenoxy) is 1. The van der Waals surface area contributed by atoms with Crippen LogP contribution in [0.4, 0.5) is 0 Å². The number of aliphatic carboxylic acids is 1. The minimum absolute atomic E-state index is 0.110. The van der Waals surface area contributed by atoms with Gasteiger partial charge >= 0.3 is 11.9 Å². The number of hydrogen-bond donors (Lipinski definition) is 3. The van der Waals surface area contributed by atoms with Crippen molar-refractivity contribution < 1.29 is 24.5 Å². The van der Waals surface area contributed by atoms with Crippen LogP contribution in [0.5, 0.6) is 0 Å². The van der Waals surface area contributed by atoms with Gasteiger partial charge in [0.2, 0.25) is 0 Å². The summed E-state index contributed by atoms with van der Waals surface area (Å²) in [5.41, 5.74) is 4.49. The number of carbonyl (C=O) groups excluding carboxylic acids is 1. The Morgan fingerprint density at radius 1 is 1.57 bits per heavy atom. The normalized spacial score (nSPS) is 46.0. The Hall–Kier alpha value is -0.790. The standard InChI is InChI=1S/C14H21NO5S/c1-6-4-7-2-3-9-14(7,19)10(13(18)20-9)11(6)21-5-8(15)12(16)17/h6-11,19H,2-5,15H2,1H3,(H,16,17)/t6-,7+,8-,9+,10?,11+,14+/m0/s1. The summed E-state index contributed by atoms with van der Waals surface area (Å²) in [6.45, 7) is 2.06. The number of carbonyl (C=O) groups is 2. The Morgan fingerprint density at radius 2 is 2.29 bits per heavy atom. The van der Waals surface area contributed by atoms with E-state index in [9.17, 15) is 14.7 Å². The van der Waals surface area contributed by atoms with Gasteiger partial charge in [0.1, 0.15) is 23.7 Å². The van der Waals surface area contributed by atoms with Crippen molar-refractivity contribution in [3.63, 3.8) is 0 Å². The molecular weight excluding hydrogens is 294 g/mol. The van der Waals surface area contributed by atoms with E-state index in [-0.39, 0.29) is 34.9 Å². The molecule has 1 saturated heterocycles. The predicted octanol–water partition coefficient (Wildman–Crippen LogP) is 0.223. The van der Waals surface area contributed by atoms with Gasteiger partial charge in [0.25, 0.3) is 0 Å². The summed E-state index contributed by atoms with van der Waals surface area (Å²) in [4.78, 5) is 23.0. The monoisotopic (exact) mass is 315 g/mol. The highest BCUT2D eigenvalue weighted by atomic mass is 32.2. The van der Waals surface area contributed by atoms with Crippen LogP contribution in [0.15, 0.2) is 0 Å². The van der Waals surface area contributed by atoms with E-state index in [0.29, 0.717) is 0 Å². The Bertz CT molecular complexity index is 472. The van der Waals surface area contributed by atoms with Crippen molar-refractivity contribution in [1.82, 2.24) is 0 Å².